The molecule has 7 heteroatoms. The van der Waals surface area contributed by atoms with Gasteiger partial charge in [0.1, 0.15) is 10.7 Å². The minimum absolute atomic E-state index is 0.0898. The Bertz CT molecular complexity index is 492. The molecule has 96 valence electrons. The Balaban J connectivity index is 2.90. The molecule has 0 radical (unpaired) electrons. The molecule has 2 N–H and O–H groups in total. The molecule has 1 atom stereocenters. The quantitative estimate of drug-likeness (QED) is 0.857. The van der Waals surface area contributed by atoms with E-state index < -0.39 is 15.8 Å². The predicted molar refractivity (Wildman–Crippen MR) is 62.8 cm³/mol. The first-order valence-electron chi connectivity index (χ1n) is 4.92. The first-order valence-corrected chi connectivity index (χ1v) is 6.78. The summed E-state index contributed by atoms with van der Waals surface area (Å²) in [5.74, 6) is -0.804. The highest BCUT2D eigenvalue weighted by molar-refractivity contribution is 7.89. The molecule has 1 unspecified atom stereocenters. The number of sulfonamides is 1. The van der Waals surface area contributed by atoms with Gasteiger partial charge in [0.25, 0.3) is 0 Å². The Morgan fingerprint density at radius 1 is 1.53 bits per heavy atom. The molecule has 0 saturated heterocycles. The fourth-order valence-corrected chi connectivity index (χ4v) is 2.78. The molecule has 17 heavy (non-hydrogen) atoms. The number of nitrogens with one attached hydrogen (secondary N) is 1. The first kappa shape index (κ1) is 14.4. The summed E-state index contributed by atoms with van der Waals surface area (Å²) in [6.07, 6.45) is 0. The summed E-state index contributed by atoms with van der Waals surface area (Å²) < 4.78 is 38.6. The summed E-state index contributed by atoms with van der Waals surface area (Å²) in [6, 6.07) is 3.06. The van der Waals surface area contributed by atoms with Crippen molar-refractivity contribution in [1.29, 1.82) is 0 Å². The van der Waals surface area contributed by atoms with Crippen molar-refractivity contribution in [3.63, 3.8) is 0 Å². The zero-order chi connectivity index (χ0) is 13.1. The van der Waals surface area contributed by atoms with E-state index >= 15 is 0 Å². The van der Waals surface area contributed by atoms with E-state index in [2.05, 4.69) is 4.72 Å². The van der Waals surface area contributed by atoms with Crippen molar-refractivity contribution in [3.05, 3.63) is 29.0 Å². The number of hydrogen-bond donors (Lipinski definition) is 2. The molecule has 1 aromatic rings. The van der Waals surface area contributed by atoms with Crippen LogP contribution in [-0.4, -0.2) is 26.7 Å². The lowest BCUT2D eigenvalue weighted by atomic mass is 10.2. The maximum absolute atomic E-state index is 12.8. The van der Waals surface area contributed by atoms with E-state index in [-0.39, 0.29) is 29.0 Å². The van der Waals surface area contributed by atoms with E-state index in [1.165, 1.54) is 0 Å². The van der Waals surface area contributed by atoms with Crippen molar-refractivity contribution >= 4 is 21.6 Å². The summed E-state index contributed by atoms with van der Waals surface area (Å²) in [5, 5.41) is 8.61. The molecule has 0 aliphatic heterocycles. The molecule has 4 nitrogen and oxygen atoms in total. The lowest BCUT2D eigenvalue weighted by Crippen LogP contribution is -2.29. The largest absolute Gasteiger partial charge is 0.396 e. The van der Waals surface area contributed by atoms with Crippen LogP contribution in [0.2, 0.25) is 5.02 Å². The topological polar surface area (TPSA) is 66.4 Å². The number of benzene rings is 1. The molecule has 0 bridgehead atoms. The van der Waals surface area contributed by atoms with Crippen LogP contribution in [0.4, 0.5) is 4.39 Å². The third-order valence-corrected chi connectivity index (χ3v) is 4.02. The van der Waals surface area contributed by atoms with Gasteiger partial charge in [-0.2, -0.15) is 0 Å². The molecule has 0 spiro atoms. The minimum atomic E-state index is -3.77. The maximum Gasteiger partial charge on any atom is 0.242 e. The fraction of sp³-hybridized carbons (Fsp3) is 0.400. The standard InChI is InChI=1S/C10H13ClFNO3S/c1-7(6-14)5-13-17(15,16)10-3-2-8(12)4-9(10)11/h2-4,7,13-14H,5-6H2,1H3. The number of halogens is 2. The second kappa shape index (κ2) is 5.77. The van der Waals surface area contributed by atoms with Gasteiger partial charge in [0.2, 0.25) is 10.0 Å². The Morgan fingerprint density at radius 3 is 2.71 bits per heavy atom. The third kappa shape index (κ3) is 3.92. The zero-order valence-corrected chi connectivity index (χ0v) is 10.7. The highest BCUT2D eigenvalue weighted by Crippen LogP contribution is 2.21. The van der Waals surface area contributed by atoms with Crippen LogP contribution in [0, 0.1) is 11.7 Å². The van der Waals surface area contributed by atoms with Gasteiger partial charge in [-0.3, -0.25) is 0 Å². The second-order valence-electron chi connectivity index (χ2n) is 3.71. The highest BCUT2D eigenvalue weighted by atomic mass is 35.5. The van der Waals surface area contributed by atoms with Crippen molar-refractivity contribution in [2.24, 2.45) is 5.92 Å². The monoisotopic (exact) mass is 281 g/mol. The third-order valence-electron chi connectivity index (χ3n) is 2.12. The van der Waals surface area contributed by atoms with E-state index in [1.807, 2.05) is 0 Å². The van der Waals surface area contributed by atoms with E-state index in [4.69, 9.17) is 16.7 Å². The molecule has 0 saturated carbocycles. The van der Waals surface area contributed by atoms with Crippen LogP contribution in [0.15, 0.2) is 23.1 Å². The molecule has 0 amide bonds. The van der Waals surface area contributed by atoms with Crippen LogP contribution in [0.5, 0.6) is 0 Å². The average Bonchev–Trinajstić information content (AvgIpc) is 2.25. The van der Waals surface area contributed by atoms with Crippen LogP contribution >= 0.6 is 11.6 Å². The number of rotatable bonds is 5. The van der Waals surface area contributed by atoms with Crippen LogP contribution < -0.4 is 4.72 Å². The fourth-order valence-electron chi connectivity index (χ4n) is 1.09. The maximum atomic E-state index is 12.8. The van der Waals surface area contributed by atoms with Crippen molar-refractivity contribution < 1.29 is 17.9 Å². The van der Waals surface area contributed by atoms with Crippen LogP contribution in [0.3, 0.4) is 0 Å². The first-order chi connectivity index (χ1) is 7.86. The molecular formula is C10H13ClFNO3S. The van der Waals surface area contributed by atoms with Gasteiger partial charge in [-0.1, -0.05) is 18.5 Å². The molecule has 0 heterocycles. The van der Waals surface area contributed by atoms with Gasteiger partial charge in [0, 0.05) is 13.2 Å². The van der Waals surface area contributed by atoms with E-state index in [0.29, 0.717) is 0 Å². The molecule has 1 rings (SSSR count). The van der Waals surface area contributed by atoms with Gasteiger partial charge in [-0.25, -0.2) is 17.5 Å². The summed E-state index contributed by atoms with van der Waals surface area (Å²) >= 11 is 5.65. The Morgan fingerprint density at radius 2 is 2.18 bits per heavy atom. The smallest absolute Gasteiger partial charge is 0.242 e. The van der Waals surface area contributed by atoms with Gasteiger partial charge in [-0.05, 0) is 24.1 Å². The van der Waals surface area contributed by atoms with Crippen molar-refractivity contribution in [3.8, 4) is 0 Å². The van der Waals surface area contributed by atoms with Gasteiger partial charge < -0.3 is 5.11 Å². The summed E-state index contributed by atoms with van der Waals surface area (Å²) in [7, 11) is -3.77. The number of aliphatic hydroxyl groups is 1. The predicted octanol–water partition coefficient (Wildman–Crippen LogP) is 1.39. The zero-order valence-electron chi connectivity index (χ0n) is 9.15. The summed E-state index contributed by atoms with van der Waals surface area (Å²) in [6.45, 7) is 1.65. The van der Waals surface area contributed by atoms with Crippen LogP contribution in [0.1, 0.15) is 6.92 Å². The normalized spacial score (nSPS) is 13.6. The molecule has 0 aliphatic rings. The van der Waals surface area contributed by atoms with Crippen molar-refractivity contribution in [2.75, 3.05) is 13.2 Å². The lowest BCUT2D eigenvalue weighted by molar-refractivity contribution is 0.238. The SMILES string of the molecule is CC(CO)CNS(=O)(=O)c1ccc(F)cc1Cl. The lowest BCUT2D eigenvalue weighted by Gasteiger charge is -2.11. The Hall–Kier alpha value is -0.690. The molecule has 0 aromatic heterocycles. The summed E-state index contributed by atoms with van der Waals surface area (Å²) in [5.41, 5.74) is 0. The minimum Gasteiger partial charge on any atom is -0.396 e. The van der Waals surface area contributed by atoms with Crippen molar-refractivity contribution in [2.45, 2.75) is 11.8 Å². The second-order valence-corrected chi connectivity index (χ2v) is 5.86. The van der Waals surface area contributed by atoms with Gasteiger partial charge in [0.15, 0.2) is 0 Å². The van der Waals surface area contributed by atoms with Crippen LogP contribution in [-0.2, 0) is 10.0 Å². The van der Waals surface area contributed by atoms with E-state index in [1.54, 1.807) is 6.92 Å². The highest BCUT2D eigenvalue weighted by Gasteiger charge is 2.18. The Kier molecular flexibility index (Phi) is 4.88. The number of aliphatic hydroxyl groups excluding tert-OH is 1. The van der Waals surface area contributed by atoms with Gasteiger partial charge >= 0.3 is 0 Å². The molecular weight excluding hydrogens is 269 g/mol. The van der Waals surface area contributed by atoms with Crippen molar-refractivity contribution in [1.82, 2.24) is 4.72 Å². The molecule has 1 aromatic carbocycles. The van der Waals surface area contributed by atoms with Gasteiger partial charge in [0.05, 0.1) is 5.02 Å². The van der Waals surface area contributed by atoms with Crippen LogP contribution in [0.25, 0.3) is 0 Å². The molecule has 0 fully saturated rings. The molecule has 0 aliphatic carbocycles. The average molecular weight is 282 g/mol. The summed E-state index contributed by atoms with van der Waals surface area (Å²) in [4.78, 5) is -0.175. The van der Waals surface area contributed by atoms with Gasteiger partial charge in [-0.15, -0.1) is 0 Å². The van der Waals surface area contributed by atoms with E-state index in [9.17, 15) is 12.8 Å². The number of hydrogen-bond acceptors (Lipinski definition) is 3. The Labute approximate surface area is 104 Å². The van der Waals surface area contributed by atoms with E-state index in [0.717, 1.165) is 18.2 Å².